The Kier molecular flexibility index (Phi) is 3.66. The summed E-state index contributed by atoms with van der Waals surface area (Å²) in [5, 5.41) is 7.12. The summed E-state index contributed by atoms with van der Waals surface area (Å²) in [6.45, 7) is 5.15. The highest BCUT2D eigenvalue weighted by Crippen LogP contribution is 1.79. The Balaban J connectivity index is 3.79. The minimum Gasteiger partial charge on any atom is -0.240 e. The third-order valence-electron chi connectivity index (χ3n) is 0.523. The van der Waals surface area contributed by atoms with Gasteiger partial charge in [-0.05, 0) is 6.92 Å². The van der Waals surface area contributed by atoms with Crippen molar-refractivity contribution in [3.63, 3.8) is 0 Å². The van der Waals surface area contributed by atoms with Crippen molar-refractivity contribution in [2.24, 2.45) is 15.2 Å². The lowest BCUT2D eigenvalue weighted by Crippen LogP contribution is -1.79. The lowest BCUT2D eigenvalue weighted by Gasteiger charge is -1.80. The van der Waals surface area contributed by atoms with Crippen molar-refractivity contribution in [2.45, 2.75) is 6.92 Å². The molecule has 0 aromatic carbocycles. The van der Waals surface area contributed by atoms with Gasteiger partial charge in [-0.2, -0.15) is 5.11 Å². The number of azo groups is 1. The molecular weight excluding hydrogens is 102 g/mol. The van der Waals surface area contributed by atoms with Gasteiger partial charge < -0.3 is 0 Å². The fraction of sp³-hybridized carbons (Fsp3) is 0.400. The van der Waals surface area contributed by atoms with Gasteiger partial charge in [0.25, 0.3) is 0 Å². The fourth-order valence-electron chi connectivity index (χ4n) is 0.303. The maximum atomic E-state index is 3.73. The molecule has 0 aromatic rings. The van der Waals surface area contributed by atoms with E-state index >= 15 is 0 Å². The van der Waals surface area contributed by atoms with Crippen LogP contribution in [0, 0.1) is 0 Å². The van der Waals surface area contributed by atoms with Crippen LogP contribution in [0.2, 0.25) is 0 Å². The first-order valence-corrected chi connectivity index (χ1v) is 2.26. The van der Waals surface area contributed by atoms with Crippen LogP contribution in [0.15, 0.2) is 28.0 Å². The molecule has 0 saturated carbocycles. The van der Waals surface area contributed by atoms with E-state index < -0.39 is 0 Å². The van der Waals surface area contributed by atoms with Crippen LogP contribution in [0.4, 0.5) is 0 Å². The van der Waals surface area contributed by atoms with Gasteiger partial charge in [0, 0.05) is 13.2 Å². The third kappa shape index (κ3) is 3.21. The standard InChI is InChI=1S/C5H9N3/c1-4-7-5(2)8-6-3/h4H,1H2,2-3H3. The van der Waals surface area contributed by atoms with Crippen molar-refractivity contribution in [3.8, 4) is 0 Å². The average molecular weight is 111 g/mol. The Labute approximate surface area is 48.9 Å². The van der Waals surface area contributed by atoms with Gasteiger partial charge in [0.2, 0.25) is 0 Å². The van der Waals surface area contributed by atoms with Crippen molar-refractivity contribution in [2.75, 3.05) is 7.05 Å². The van der Waals surface area contributed by atoms with Crippen molar-refractivity contribution in [1.29, 1.82) is 0 Å². The van der Waals surface area contributed by atoms with E-state index in [0.29, 0.717) is 5.84 Å². The zero-order valence-electron chi connectivity index (χ0n) is 5.13. The smallest absolute Gasteiger partial charge is 0.147 e. The first kappa shape index (κ1) is 7.01. The van der Waals surface area contributed by atoms with Gasteiger partial charge in [0.1, 0.15) is 5.84 Å². The van der Waals surface area contributed by atoms with Crippen molar-refractivity contribution in [3.05, 3.63) is 12.8 Å². The van der Waals surface area contributed by atoms with Crippen LogP contribution >= 0.6 is 0 Å². The highest BCUT2D eigenvalue weighted by Gasteiger charge is 1.76. The summed E-state index contributed by atoms with van der Waals surface area (Å²) in [5.74, 6) is 0.627. The van der Waals surface area contributed by atoms with E-state index in [1.807, 2.05) is 0 Å². The number of rotatable bonds is 1. The minimum atomic E-state index is 0.627. The zero-order valence-corrected chi connectivity index (χ0v) is 5.13. The molecule has 0 aliphatic carbocycles. The van der Waals surface area contributed by atoms with Gasteiger partial charge in [-0.1, -0.05) is 6.58 Å². The first-order chi connectivity index (χ1) is 3.81. The fourth-order valence-corrected chi connectivity index (χ4v) is 0.303. The third-order valence-corrected chi connectivity index (χ3v) is 0.523. The molecule has 0 saturated heterocycles. The zero-order chi connectivity index (χ0) is 6.41. The molecule has 0 rings (SSSR count). The number of amidine groups is 1. The maximum absolute atomic E-state index is 3.73. The SMILES string of the molecule is C=CN=C(C)N=NC. The summed E-state index contributed by atoms with van der Waals surface area (Å²) in [7, 11) is 1.60. The van der Waals surface area contributed by atoms with Gasteiger partial charge >= 0.3 is 0 Å². The number of hydrogen-bond donors (Lipinski definition) is 0. The molecule has 3 nitrogen and oxygen atoms in total. The Morgan fingerprint density at radius 2 is 2.25 bits per heavy atom. The molecule has 0 fully saturated rings. The lowest BCUT2D eigenvalue weighted by atomic mass is 10.7. The largest absolute Gasteiger partial charge is 0.240 e. The molecule has 8 heavy (non-hydrogen) atoms. The minimum absolute atomic E-state index is 0.627. The van der Waals surface area contributed by atoms with Gasteiger partial charge in [-0.15, -0.1) is 5.11 Å². The molecule has 0 amide bonds. The molecule has 0 heterocycles. The van der Waals surface area contributed by atoms with Crippen LogP contribution in [-0.2, 0) is 0 Å². The quantitative estimate of drug-likeness (QED) is 0.280. The van der Waals surface area contributed by atoms with E-state index in [2.05, 4.69) is 21.8 Å². The molecule has 0 aliphatic rings. The number of hydrogen-bond acceptors (Lipinski definition) is 2. The molecule has 0 N–H and O–H groups in total. The molecule has 0 unspecified atom stereocenters. The molecule has 0 aromatic heterocycles. The summed E-state index contributed by atoms with van der Waals surface area (Å²) in [6.07, 6.45) is 1.43. The van der Waals surface area contributed by atoms with Crippen LogP contribution in [0.3, 0.4) is 0 Å². The van der Waals surface area contributed by atoms with Crippen LogP contribution in [0.1, 0.15) is 6.92 Å². The van der Waals surface area contributed by atoms with Crippen molar-refractivity contribution >= 4 is 5.84 Å². The Morgan fingerprint density at radius 3 is 2.62 bits per heavy atom. The summed E-state index contributed by atoms with van der Waals surface area (Å²) in [5.41, 5.74) is 0. The molecule has 44 valence electrons. The highest BCUT2D eigenvalue weighted by atomic mass is 15.1. The molecule has 0 atom stereocenters. The molecule has 3 heteroatoms. The summed E-state index contributed by atoms with van der Waals surface area (Å²) in [4.78, 5) is 3.73. The molecule has 0 radical (unpaired) electrons. The van der Waals surface area contributed by atoms with E-state index in [1.54, 1.807) is 14.0 Å². The normalized spacial score (nSPS) is 12.5. The van der Waals surface area contributed by atoms with Gasteiger partial charge in [0.05, 0.1) is 0 Å². The Hall–Kier alpha value is -0.990. The summed E-state index contributed by atoms with van der Waals surface area (Å²) < 4.78 is 0. The average Bonchev–Trinajstić information content (AvgIpc) is 1.68. The molecule has 0 aliphatic heterocycles. The van der Waals surface area contributed by atoms with E-state index in [0.717, 1.165) is 0 Å². The van der Waals surface area contributed by atoms with Crippen LogP contribution < -0.4 is 0 Å². The second kappa shape index (κ2) is 4.18. The van der Waals surface area contributed by atoms with E-state index in [-0.39, 0.29) is 0 Å². The Morgan fingerprint density at radius 1 is 1.62 bits per heavy atom. The second-order valence-corrected chi connectivity index (χ2v) is 1.16. The molecule has 0 spiro atoms. The Bertz CT molecular complexity index is 124. The van der Waals surface area contributed by atoms with Crippen molar-refractivity contribution < 1.29 is 0 Å². The van der Waals surface area contributed by atoms with Crippen LogP contribution in [0.25, 0.3) is 0 Å². The number of nitrogens with zero attached hydrogens (tertiary/aromatic N) is 3. The van der Waals surface area contributed by atoms with E-state index in [1.165, 1.54) is 6.20 Å². The predicted octanol–water partition coefficient (Wildman–Crippen LogP) is 1.63. The predicted molar refractivity (Wildman–Crippen MR) is 34.1 cm³/mol. The number of aliphatic imine (C=N–C) groups is 1. The topological polar surface area (TPSA) is 37.1 Å². The van der Waals surface area contributed by atoms with E-state index in [9.17, 15) is 0 Å². The molecule has 0 bridgehead atoms. The summed E-state index contributed by atoms with van der Waals surface area (Å²) >= 11 is 0. The highest BCUT2D eigenvalue weighted by molar-refractivity contribution is 5.80. The van der Waals surface area contributed by atoms with Gasteiger partial charge in [0.15, 0.2) is 0 Å². The first-order valence-electron chi connectivity index (χ1n) is 2.26. The summed E-state index contributed by atoms with van der Waals surface area (Å²) in [6, 6.07) is 0. The monoisotopic (exact) mass is 111 g/mol. The van der Waals surface area contributed by atoms with Gasteiger partial charge in [-0.3, -0.25) is 0 Å². The van der Waals surface area contributed by atoms with Crippen LogP contribution in [0.5, 0.6) is 0 Å². The van der Waals surface area contributed by atoms with E-state index in [4.69, 9.17) is 0 Å². The maximum Gasteiger partial charge on any atom is 0.147 e. The second-order valence-electron chi connectivity index (χ2n) is 1.16. The molecular formula is C5H9N3. The van der Waals surface area contributed by atoms with Crippen molar-refractivity contribution in [1.82, 2.24) is 0 Å². The lowest BCUT2D eigenvalue weighted by molar-refractivity contribution is 1.19. The van der Waals surface area contributed by atoms with Crippen LogP contribution in [-0.4, -0.2) is 12.9 Å². The van der Waals surface area contributed by atoms with Gasteiger partial charge in [-0.25, -0.2) is 4.99 Å².